The lowest BCUT2D eigenvalue weighted by Gasteiger charge is -2.27. The highest BCUT2D eigenvalue weighted by molar-refractivity contribution is 5.95. The van der Waals surface area contributed by atoms with Gasteiger partial charge in [-0.05, 0) is 31.5 Å². The molecule has 0 spiro atoms. The number of carbonyl (C=O) groups is 1. The second-order valence-corrected chi connectivity index (χ2v) is 5.27. The fourth-order valence-corrected chi connectivity index (χ4v) is 2.08. The molecule has 0 atom stereocenters. The van der Waals surface area contributed by atoms with E-state index < -0.39 is 34.7 Å². The Morgan fingerprint density at radius 3 is 2.57 bits per heavy atom. The molecule has 0 aliphatic heterocycles. The van der Waals surface area contributed by atoms with Crippen LogP contribution in [0.25, 0.3) is 0 Å². The number of rotatable bonds is 4. The summed E-state index contributed by atoms with van der Waals surface area (Å²) in [5, 5.41) is 9.26. The number of phenolic OH excluding ortho intramolecular Hbond substituents is 1. The molecule has 2 aromatic rings. The third-order valence-corrected chi connectivity index (χ3v) is 3.32. The molecule has 0 saturated carbocycles. The van der Waals surface area contributed by atoms with Crippen LogP contribution in [0.1, 0.15) is 29.8 Å². The van der Waals surface area contributed by atoms with E-state index in [0.29, 0.717) is 11.6 Å². The molecular weight excluding hydrogens is 309 g/mol. The Morgan fingerprint density at radius 1 is 1.30 bits per heavy atom. The molecule has 7 heteroatoms. The van der Waals surface area contributed by atoms with E-state index in [4.69, 9.17) is 0 Å². The molecular formula is C16H15F3N2O2. The van der Waals surface area contributed by atoms with Crippen molar-refractivity contribution in [2.45, 2.75) is 26.4 Å². The monoisotopic (exact) mass is 324 g/mol. The first-order valence-corrected chi connectivity index (χ1v) is 6.89. The van der Waals surface area contributed by atoms with Gasteiger partial charge in [0.15, 0.2) is 17.4 Å². The van der Waals surface area contributed by atoms with Gasteiger partial charge >= 0.3 is 0 Å². The Balaban J connectivity index is 2.39. The van der Waals surface area contributed by atoms with E-state index in [1.165, 1.54) is 4.90 Å². The minimum absolute atomic E-state index is 0.115. The van der Waals surface area contributed by atoms with Gasteiger partial charge in [0, 0.05) is 25.0 Å². The number of halogens is 3. The molecule has 122 valence electrons. The summed E-state index contributed by atoms with van der Waals surface area (Å²) in [6.07, 6.45) is 3.11. The van der Waals surface area contributed by atoms with E-state index >= 15 is 0 Å². The third-order valence-electron chi connectivity index (χ3n) is 3.32. The molecule has 0 aliphatic carbocycles. The molecule has 23 heavy (non-hydrogen) atoms. The van der Waals surface area contributed by atoms with Gasteiger partial charge in [-0.25, -0.2) is 8.78 Å². The average molecular weight is 324 g/mol. The van der Waals surface area contributed by atoms with E-state index in [-0.39, 0.29) is 12.6 Å². The maximum Gasteiger partial charge on any atom is 0.257 e. The zero-order chi connectivity index (χ0) is 17.1. The molecule has 1 aromatic heterocycles. The summed E-state index contributed by atoms with van der Waals surface area (Å²) >= 11 is 0. The Kier molecular flexibility index (Phi) is 4.88. The summed E-state index contributed by atoms with van der Waals surface area (Å²) in [4.78, 5) is 17.7. The first kappa shape index (κ1) is 16.8. The van der Waals surface area contributed by atoms with Crippen LogP contribution in [-0.2, 0) is 6.54 Å². The van der Waals surface area contributed by atoms with Crippen molar-refractivity contribution in [2.75, 3.05) is 0 Å². The molecule has 0 unspecified atom stereocenters. The minimum Gasteiger partial charge on any atom is -0.503 e. The SMILES string of the molecule is CC(C)N(Cc1cccnc1)C(=O)c1cc(F)c(F)c(O)c1F. The molecule has 1 amide bonds. The Bertz CT molecular complexity index is 721. The summed E-state index contributed by atoms with van der Waals surface area (Å²) in [5.41, 5.74) is -0.0271. The molecule has 0 bridgehead atoms. The highest BCUT2D eigenvalue weighted by atomic mass is 19.2. The maximum atomic E-state index is 13.9. The second kappa shape index (κ2) is 6.68. The van der Waals surface area contributed by atoms with Crippen LogP contribution in [-0.4, -0.2) is 26.9 Å². The number of benzene rings is 1. The second-order valence-electron chi connectivity index (χ2n) is 5.27. The molecule has 2 rings (SSSR count). The highest BCUT2D eigenvalue weighted by Gasteiger charge is 2.27. The highest BCUT2D eigenvalue weighted by Crippen LogP contribution is 2.27. The predicted octanol–water partition coefficient (Wildman–Crippen LogP) is 3.26. The van der Waals surface area contributed by atoms with Gasteiger partial charge in [-0.15, -0.1) is 0 Å². The summed E-state index contributed by atoms with van der Waals surface area (Å²) < 4.78 is 40.5. The van der Waals surface area contributed by atoms with Gasteiger partial charge in [-0.2, -0.15) is 4.39 Å². The van der Waals surface area contributed by atoms with Crippen LogP contribution in [0, 0.1) is 17.5 Å². The van der Waals surface area contributed by atoms with Crippen LogP contribution in [0.2, 0.25) is 0 Å². The van der Waals surface area contributed by atoms with Crippen molar-refractivity contribution in [2.24, 2.45) is 0 Å². The number of aromatic hydroxyl groups is 1. The molecule has 0 aliphatic rings. The zero-order valence-corrected chi connectivity index (χ0v) is 12.6. The molecule has 4 nitrogen and oxygen atoms in total. The van der Waals surface area contributed by atoms with E-state index in [0.717, 1.165) is 0 Å². The quantitative estimate of drug-likeness (QED) is 0.878. The van der Waals surface area contributed by atoms with E-state index in [1.54, 1.807) is 38.4 Å². The maximum absolute atomic E-state index is 13.9. The van der Waals surface area contributed by atoms with Gasteiger partial charge in [-0.1, -0.05) is 6.07 Å². The summed E-state index contributed by atoms with van der Waals surface area (Å²) in [6, 6.07) is 3.53. The Hall–Kier alpha value is -2.57. The van der Waals surface area contributed by atoms with Gasteiger partial charge in [0.1, 0.15) is 0 Å². The summed E-state index contributed by atoms with van der Waals surface area (Å²) in [6.45, 7) is 3.52. The number of nitrogens with zero attached hydrogens (tertiary/aromatic N) is 2. The Morgan fingerprint density at radius 2 is 2.00 bits per heavy atom. The van der Waals surface area contributed by atoms with Crippen LogP contribution in [0.3, 0.4) is 0 Å². The van der Waals surface area contributed by atoms with Gasteiger partial charge in [-0.3, -0.25) is 9.78 Å². The van der Waals surface area contributed by atoms with Crippen LogP contribution >= 0.6 is 0 Å². The fourth-order valence-electron chi connectivity index (χ4n) is 2.08. The molecule has 0 fully saturated rings. The van der Waals surface area contributed by atoms with Crippen molar-refractivity contribution in [3.63, 3.8) is 0 Å². The number of carbonyl (C=O) groups excluding carboxylic acids is 1. The van der Waals surface area contributed by atoms with Gasteiger partial charge in [0.2, 0.25) is 5.82 Å². The summed E-state index contributed by atoms with van der Waals surface area (Å²) in [7, 11) is 0. The minimum atomic E-state index is -1.72. The van der Waals surface area contributed by atoms with Gasteiger partial charge in [0.05, 0.1) is 5.56 Å². The van der Waals surface area contributed by atoms with Gasteiger partial charge in [0.25, 0.3) is 5.91 Å². The predicted molar refractivity (Wildman–Crippen MR) is 77.2 cm³/mol. The lowest BCUT2D eigenvalue weighted by molar-refractivity contribution is 0.0683. The molecule has 1 heterocycles. The van der Waals surface area contributed by atoms with E-state index in [2.05, 4.69) is 4.98 Å². The van der Waals surface area contributed by atoms with Crippen molar-refractivity contribution in [1.29, 1.82) is 0 Å². The van der Waals surface area contributed by atoms with Gasteiger partial charge < -0.3 is 10.0 Å². The van der Waals surface area contributed by atoms with Crippen LogP contribution in [0.5, 0.6) is 5.75 Å². The molecule has 1 N–H and O–H groups in total. The number of hydrogen-bond acceptors (Lipinski definition) is 3. The first-order chi connectivity index (χ1) is 10.8. The topological polar surface area (TPSA) is 53.4 Å². The van der Waals surface area contributed by atoms with Crippen LogP contribution < -0.4 is 0 Å². The normalized spacial score (nSPS) is 10.9. The number of amides is 1. The largest absolute Gasteiger partial charge is 0.503 e. The van der Waals surface area contributed by atoms with Crippen molar-refractivity contribution in [3.05, 3.63) is 59.2 Å². The van der Waals surface area contributed by atoms with Crippen molar-refractivity contribution < 1.29 is 23.1 Å². The molecule has 0 radical (unpaired) electrons. The standard InChI is InChI=1S/C16H15F3N2O2/c1-9(2)21(8-10-4-3-5-20-7-10)16(23)11-6-12(17)14(19)15(22)13(11)18/h3-7,9,22H,8H2,1-2H3. The molecule has 1 aromatic carbocycles. The third kappa shape index (κ3) is 3.44. The summed E-state index contributed by atoms with van der Waals surface area (Å²) in [5.74, 6) is -7.04. The smallest absolute Gasteiger partial charge is 0.257 e. The van der Waals surface area contributed by atoms with Crippen molar-refractivity contribution in [1.82, 2.24) is 9.88 Å². The number of phenols is 1. The van der Waals surface area contributed by atoms with Crippen molar-refractivity contribution >= 4 is 5.91 Å². The number of aromatic nitrogens is 1. The lowest BCUT2D eigenvalue weighted by atomic mass is 10.1. The fraction of sp³-hybridized carbons (Fsp3) is 0.250. The first-order valence-electron chi connectivity index (χ1n) is 6.89. The zero-order valence-electron chi connectivity index (χ0n) is 12.6. The molecule has 0 saturated heterocycles. The van der Waals surface area contributed by atoms with Crippen molar-refractivity contribution in [3.8, 4) is 5.75 Å². The lowest BCUT2D eigenvalue weighted by Crippen LogP contribution is -2.37. The van der Waals surface area contributed by atoms with Crippen LogP contribution in [0.4, 0.5) is 13.2 Å². The Labute approximate surface area is 131 Å². The average Bonchev–Trinajstić information content (AvgIpc) is 2.54. The number of pyridine rings is 1. The number of hydrogen-bond donors (Lipinski definition) is 1. The van der Waals surface area contributed by atoms with Crippen LogP contribution in [0.15, 0.2) is 30.6 Å². The van der Waals surface area contributed by atoms with E-state index in [9.17, 15) is 23.1 Å². The van der Waals surface area contributed by atoms with E-state index in [1.807, 2.05) is 0 Å².